The van der Waals surface area contributed by atoms with Crippen molar-refractivity contribution in [1.29, 1.82) is 0 Å². The standard InChI is InChI=1S/C13H12N4O4/c1-20-7-3-5-6(4-8(7)21-2)15-11-9(10(5)14)12(18)16-17-13(11)19/h3-4H,1-2H3,(H2,14,15)(H,16,18)(H,17,19). The number of aromatic nitrogens is 3. The number of anilines is 1. The van der Waals surface area contributed by atoms with Gasteiger partial charge in [-0.2, -0.15) is 0 Å². The molecule has 0 unspecified atom stereocenters. The van der Waals surface area contributed by atoms with E-state index >= 15 is 0 Å². The van der Waals surface area contributed by atoms with E-state index in [0.717, 1.165) is 0 Å². The van der Waals surface area contributed by atoms with Crippen molar-refractivity contribution in [2.24, 2.45) is 0 Å². The maximum atomic E-state index is 11.9. The van der Waals surface area contributed by atoms with Crippen LogP contribution in [0.3, 0.4) is 0 Å². The van der Waals surface area contributed by atoms with Crippen molar-refractivity contribution in [2.45, 2.75) is 0 Å². The maximum Gasteiger partial charge on any atom is 0.289 e. The van der Waals surface area contributed by atoms with Gasteiger partial charge in [0.25, 0.3) is 11.1 Å². The summed E-state index contributed by atoms with van der Waals surface area (Å²) in [5.74, 6) is 0.914. The Hall–Kier alpha value is -3.03. The van der Waals surface area contributed by atoms with Crippen LogP contribution in [0.15, 0.2) is 21.7 Å². The second-order valence-electron chi connectivity index (χ2n) is 4.38. The molecule has 108 valence electrons. The zero-order valence-corrected chi connectivity index (χ0v) is 11.3. The zero-order chi connectivity index (χ0) is 15.1. The van der Waals surface area contributed by atoms with Gasteiger partial charge in [0.05, 0.1) is 30.8 Å². The van der Waals surface area contributed by atoms with Gasteiger partial charge < -0.3 is 15.2 Å². The molecule has 4 N–H and O–H groups in total. The van der Waals surface area contributed by atoms with Crippen molar-refractivity contribution in [2.75, 3.05) is 20.0 Å². The molecule has 0 saturated heterocycles. The van der Waals surface area contributed by atoms with E-state index in [2.05, 4.69) is 15.2 Å². The van der Waals surface area contributed by atoms with Crippen LogP contribution in [0.25, 0.3) is 21.8 Å². The molecule has 21 heavy (non-hydrogen) atoms. The fourth-order valence-corrected chi connectivity index (χ4v) is 2.24. The Labute approximate surface area is 117 Å². The topological polar surface area (TPSA) is 123 Å². The molecule has 0 atom stereocenters. The van der Waals surface area contributed by atoms with Gasteiger partial charge in [-0.1, -0.05) is 0 Å². The summed E-state index contributed by atoms with van der Waals surface area (Å²) in [7, 11) is 2.98. The lowest BCUT2D eigenvalue weighted by Crippen LogP contribution is -2.21. The number of hydrogen-bond acceptors (Lipinski definition) is 6. The van der Waals surface area contributed by atoms with Gasteiger partial charge in [-0.15, -0.1) is 0 Å². The van der Waals surface area contributed by atoms with E-state index < -0.39 is 11.1 Å². The van der Waals surface area contributed by atoms with Crippen LogP contribution in [0.4, 0.5) is 5.69 Å². The van der Waals surface area contributed by atoms with Crippen LogP contribution in [0.5, 0.6) is 11.5 Å². The summed E-state index contributed by atoms with van der Waals surface area (Å²) in [4.78, 5) is 27.9. The number of nitrogens with zero attached hydrogens (tertiary/aromatic N) is 1. The van der Waals surface area contributed by atoms with E-state index in [1.54, 1.807) is 12.1 Å². The van der Waals surface area contributed by atoms with E-state index in [0.29, 0.717) is 22.4 Å². The molecule has 8 heteroatoms. The molecule has 1 aromatic carbocycles. The normalized spacial score (nSPS) is 11.0. The third-order valence-electron chi connectivity index (χ3n) is 3.26. The summed E-state index contributed by atoms with van der Waals surface area (Å²) in [5, 5.41) is 5.01. The van der Waals surface area contributed by atoms with Crippen LogP contribution >= 0.6 is 0 Å². The first-order valence-corrected chi connectivity index (χ1v) is 6.02. The van der Waals surface area contributed by atoms with Gasteiger partial charge in [0, 0.05) is 11.5 Å². The number of benzene rings is 1. The average Bonchev–Trinajstić information content (AvgIpc) is 2.49. The highest BCUT2D eigenvalue weighted by molar-refractivity contribution is 6.06. The molecule has 8 nitrogen and oxygen atoms in total. The van der Waals surface area contributed by atoms with Crippen molar-refractivity contribution >= 4 is 27.5 Å². The number of pyridine rings is 1. The molecule has 0 fully saturated rings. The summed E-state index contributed by atoms with van der Waals surface area (Å²) >= 11 is 0. The van der Waals surface area contributed by atoms with Crippen molar-refractivity contribution in [1.82, 2.24) is 15.2 Å². The lowest BCUT2D eigenvalue weighted by molar-refractivity contribution is 0.356. The number of fused-ring (bicyclic) bond motifs is 2. The van der Waals surface area contributed by atoms with Gasteiger partial charge in [0.15, 0.2) is 11.5 Å². The molecule has 0 bridgehead atoms. The minimum Gasteiger partial charge on any atom is -0.493 e. The molecule has 3 aromatic rings. The zero-order valence-electron chi connectivity index (χ0n) is 11.3. The molecule has 0 radical (unpaired) electrons. The molecule has 0 saturated carbocycles. The highest BCUT2D eigenvalue weighted by atomic mass is 16.5. The van der Waals surface area contributed by atoms with Crippen molar-refractivity contribution in [3.8, 4) is 11.5 Å². The molecular formula is C13H12N4O4. The van der Waals surface area contributed by atoms with Crippen LogP contribution in [-0.4, -0.2) is 29.4 Å². The highest BCUT2D eigenvalue weighted by Gasteiger charge is 2.15. The molecule has 0 amide bonds. The van der Waals surface area contributed by atoms with E-state index in [9.17, 15) is 9.59 Å². The molecule has 0 aliphatic carbocycles. The van der Waals surface area contributed by atoms with E-state index in [1.165, 1.54) is 14.2 Å². The molecule has 2 heterocycles. The molecule has 0 aliphatic rings. The monoisotopic (exact) mass is 288 g/mol. The molecular weight excluding hydrogens is 276 g/mol. The fraction of sp³-hybridized carbons (Fsp3) is 0.154. The predicted octanol–water partition coefficient (Wildman–Crippen LogP) is 0.364. The number of nitrogens with two attached hydrogens (primary N) is 1. The lowest BCUT2D eigenvalue weighted by atomic mass is 10.1. The highest BCUT2D eigenvalue weighted by Crippen LogP contribution is 2.35. The number of nitrogens with one attached hydrogen (secondary N) is 2. The summed E-state index contributed by atoms with van der Waals surface area (Å²) < 4.78 is 10.4. The van der Waals surface area contributed by atoms with Crippen LogP contribution in [0.1, 0.15) is 0 Å². The first kappa shape index (κ1) is 13.0. The Morgan fingerprint density at radius 2 is 1.67 bits per heavy atom. The molecule has 0 spiro atoms. The van der Waals surface area contributed by atoms with Crippen LogP contribution in [-0.2, 0) is 0 Å². The van der Waals surface area contributed by atoms with Crippen molar-refractivity contribution in [3.63, 3.8) is 0 Å². The lowest BCUT2D eigenvalue weighted by Gasteiger charge is -2.11. The SMILES string of the molecule is COc1cc2nc3c(=O)[nH][nH]c(=O)c3c(N)c2cc1OC. The first-order valence-electron chi connectivity index (χ1n) is 6.02. The number of ether oxygens (including phenoxy) is 2. The predicted molar refractivity (Wildman–Crippen MR) is 78.0 cm³/mol. The second-order valence-corrected chi connectivity index (χ2v) is 4.38. The van der Waals surface area contributed by atoms with Gasteiger partial charge in [0.1, 0.15) is 5.52 Å². The Morgan fingerprint density at radius 1 is 1.05 bits per heavy atom. The molecule has 3 rings (SSSR count). The van der Waals surface area contributed by atoms with E-state index in [4.69, 9.17) is 15.2 Å². The first-order chi connectivity index (χ1) is 10.1. The van der Waals surface area contributed by atoms with Crippen LogP contribution < -0.4 is 26.3 Å². The van der Waals surface area contributed by atoms with E-state index in [1.807, 2.05) is 0 Å². The van der Waals surface area contributed by atoms with Crippen molar-refractivity contribution < 1.29 is 9.47 Å². The quantitative estimate of drug-likeness (QED) is 0.585. The van der Waals surface area contributed by atoms with Gasteiger partial charge in [-0.3, -0.25) is 19.8 Å². The molecule has 0 aliphatic heterocycles. The maximum absolute atomic E-state index is 11.9. The number of H-pyrrole nitrogens is 2. The van der Waals surface area contributed by atoms with Gasteiger partial charge in [-0.25, -0.2) is 4.98 Å². The summed E-state index contributed by atoms with van der Waals surface area (Å²) in [6, 6.07) is 3.22. The number of nitrogen functional groups attached to an aromatic ring is 1. The largest absolute Gasteiger partial charge is 0.493 e. The number of methoxy groups -OCH3 is 2. The van der Waals surface area contributed by atoms with Gasteiger partial charge in [0.2, 0.25) is 0 Å². The summed E-state index contributed by atoms with van der Waals surface area (Å²) in [6.07, 6.45) is 0. The molecule has 2 aromatic heterocycles. The Morgan fingerprint density at radius 3 is 2.33 bits per heavy atom. The van der Waals surface area contributed by atoms with Gasteiger partial charge in [-0.05, 0) is 6.07 Å². The van der Waals surface area contributed by atoms with E-state index in [-0.39, 0.29) is 16.6 Å². The number of hydrogen-bond donors (Lipinski definition) is 3. The minimum absolute atomic E-state index is 0.0176. The minimum atomic E-state index is -0.520. The van der Waals surface area contributed by atoms with Crippen LogP contribution in [0.2, 0.25) is 0 Å². The average molecular weight is 288 g/mol. The van der Waals surface area contributed by atoms with Gasteiger partial charge >= 0.3 is 0 Å². The third-order valence-corrected chi connectivity index (χ3v) is 3.26. The fourth-order valence-electron chi connectivity index (χ4n) is 2.24. The number of rotatable bonds is 2. The summed E-state index contributed by atoms with van der Waals surface area (Å²) in [5.41, 5.74) is 5.59. The Balaban J connectivity index is 2.57. The second kappa shape index (κ2) is 4.51. The van der Waals surface area contributed by atoms with Crippen LogP contribution in [0, 0.1) is 0 Å². The number of aromatic amines is 2. The third kappa shape index (κ3) is 1.80. The Bertz CT molecular complexity index is 974. The van der Waals surface area contributed by atoms with Crippen molar-refractivity contribution in [3.05, 3.63) is 32.8 Å². The summed E-state index contributed by atoms with van der Waals surface area (Å²) in [6.45, 7) is 0. The Kier molecular flexibility index (Phi) is 2.79. The smallest absolute Gasteiger partial charge is 0.289 e.